The van der Waals surface area contributed by atoms with Crippen molar-refractivity contribution in [2.24, 2.45) is 5.73 Å². The van der Waals surface area contributed by atoms with Crippen molar-refractivity contribution in [3.8, 4) is 0 Å². The molecule has 146 valence electrons. The number of nitrogens with one attached hydrogen (secondary N) is 3. The van der Waals surface area contributed by atoms with Crippen molar-refractivity contribution in [2.45, 2.75) is 32.0 Å². The van der Waals surface area contributed by atoms with Gasteiger partial charge >= 0.3 is 0 Å². The number of hydrogen-bond donors (Lipinski definition) is 5. The molecule has 0 aliphatic heterocycles. The first-order valence-corrected chi connectivity index (χ1v) is 11.2. The molecule has 0 saturated carbocycles. The van der Waals surface area contributed by atoms with Gasteiger partial charge in [0.25, 0.3) is 0 Å². The number of rotatable bonds is 4. The van der Waals surface area contributed by atoms with Crippen LogP contribution in [0.2, 0.25) is 0 Å². The van der Waals surface area contributed by atoms with Crippen LogP contribution in [0.1, 0.15) is 19.5 Å². The molecule has 2 aliphatic carbocycles. The van der Waals surface area contributed by atoms with Crippen LogP contribution in [-0.4, -0.2) is 30.9 Å². The molecule has 2 aliphatic rings. The van der Waals surface area contributed by atoms with Gasteiger partial charge in [-0.3, -0.25) is 4.72 Å². The Labute approximate surface area is 179 Å². The van der Waals surface area contributed by atoms with Gasteiger partial charge < -0.3 is 16.5 Å². The van der Waals surface area contributed by atoms with Gasteiger partial charge in [-0.05, 0) is 68.0 Å². The lowest BCUT2D eigenvalue weighted by molar-refractivity contribution is 0.585. The summed E-state index contributed by atoms with van der Waals surface area (Å²) in [6.07, 6.45) is 4.30. The van der Waals surface area contributed by atoms with Gasteiger partial charge in [-0.25, -0.2) is 0 Å². The van der Waals surface area contributed by atoms with Gasteiger partial charge in [-0.1, -0.05) is 18.9 Å². The van der Waals surface area contributed by atoms with Gasteiger partial charge in [0.2, 0.25) is 0 Å². The zero-order valence-electron chi connectivity index (χ0n) is 16.0. The summed E-state index contributed by atoms with van der Waals surface area (Å²) in [6, 6.07) is 8.01. The van der Waals surface area contributed by atoms with E-state index >= 15 is 0 Å². The summed E-state index contributed by atoms with van der Waals surface area (Å²) in [4.78, 5) is 4.84. The Balaban J connectivity index is 1.89. The molecule has 0 spiro atoms. The van der Waals surface area contributed by atoms with Crippen molar-refractivity contribution < 1.29 is 0 Å². The van der Waals surface area contributed by atoms with Crippen LogP contribution in [0, 0.1) is 19.3 Å². The minimum absolute atomic E-state index is 0.0466. The second-order valence-electron chi connectivity index (χ2n) is 7.16. The first-order chi connectivity index (χ1) is 13.4. The van der Waals surface area contributed by atoms with Crippen LogP contribution < -0.4 is 15.8 Å². The van der Waals surface area contributed by atoms with Gasteiger partial charge in [-0.15, -0.1) is 22.7 Å². The van der Waals surface area contributed by atoms with Crippen molar-refractivity contribution in [3.63, 3.8) is 0 Å². The fraction of sp³-hybridized carbons (Fsp3) is 0.286. The van der Waals surface area contributed by atoms with Gasteiger partial charge in [0.05, 0.1) is 23.8 Å². The smallest absolute Gasteiger partial charge is 0.0853 e. The molecule has 2 heterocycles. The Morgan fingerprint density at radius 2 is 1.61 bits per heavy atom. The monoisotopic (exact) mass is 428 g/mol. The number of likely N-dealkylation sites (N-methyl/N-ethyl adjacent to an activating group) is 1. The molecule has 2 aromatic rings. The van der Waals surface area contributed by atoms with Crippen LogP contribution in [0.15, 0.2) is 47.6 Å². The van der Waals surface area contributed by atoms with Crippen molar-refractivity contribution in [1.29, 1.82) is 5.41 Å². The van der Waals surface area contributed by atoms with E-state index in [0.29, 0.717) is 5.71 Å². The molecule has 7 heteroatoms. The van der Waals surface area contributed by atoms with Crippen molar-refractivity contribution in [3.05, 3.63) is 67.1 Å². The van der Waals surface area contributed by atoms with Crippen molar-refractivity contribution in [2.75, 3.05) is 7.05 Å². The molecule has 0 saturated heterocycles. The van der Waals surface area contributed by atoms with Crippen LogP contribution >= 0.6 is 35.5 Å². The predicted molar refractivity (Wildman–Crippen MR) is 126 cm³/mol. The van der Waals surface area contributed by atoms with Crippen LogP contribution in [-0.2, 0) is 0 Å². The first kappa shape index (κ1) is 19.8. The molecular formula is C21H24N4S3. The highest BCUT2D eigenvalue weighted by atomic mass is 32.1. The largest absolute Gasteiger partial charge is 0.322 e. The molecule has 3 atom stereocenters. The molecule has 2 aromatic heterocycles. The fourth-order valence-electron chi connectivity index (χ4n) is 3.94. The van der Waals surface area contributed by atoms with Crippen molar-refractivity contribution >= 4 is 52.3 Å². The number of thiol groups is 1. The molecular weight excluding hydrogens is 404 g/mol. The molecule has 3 unspecified atom stereocenters. The molecule has 28 heavy (non-hydrogen) atoms. The number of allylic oxidation sites excluding steroid dienone is 1. The second-order valence-corrected chi connectivity index (χ2v) is 9.99. The van der Waals surface area contributed by atoms with E-state index in [4.69, 9.17) is 11.1 Å². The maximum absolute atomic E-state index is 8.93. The van der Waals surface area contributed by atoms with E-state index in [-0.39, 0.29) is 18.1 Å². The third-order valence-corrected chi connectivity index (χ3v) is 7.71. The van der Waals surface area contributed by atoms with Gasteiger partial charge in [0, 0.05) is 25.1 Å². The predicted octanol–water partition coefficient (Wildman–Crippen LogP) is 3.96. The molecule has 4 rings (SSSR count). The summed E-state index contributed by atoms with van der Waals surface area (Å²) >= 11 is 7.83. The Hall–Kier alpha value is -1.48. The summed E-state index contributed by atoms with van der Waals surface area (Å²) in [7, 11) is 1.94. The fourth-order valence-corrected chi connectivity index (χ4v) is 6.05. The lowest BCUT2D eigenvalue weighted by Gasteiger charge is -2.37. The van der Waals surface area contributed by atoms with Crippen LogP contribution in [0.5, 0.6) is 0 Å². The maximum Gasteiger partial charge on any atom is 0.0853 e. The van der Waals surface area contributed by atoms with Gasteiger partial charge in [-0.2, -0.15) is 0 Å². The van der Waals surface area contributed by atoms with Crippen LogP contribution in [0.3, 0.4) is 0 Å². The third kappa shape index (κ3) is 3.26. The summed E-state index contributed by atoms with van der Waals surface area (Å²) in [6.45, 7) is 4.20. The molecule has 0 bridgehead atoms. The quantitative estimate of drug-likeness (QED) is 0.479. The zero-order valence-corrected chi connectivity index (χ0v) is 18.6. The average Bonchev–Trinajstić information content (AvgIpc) is 3.29. The Bertz CT molecular complexity index is 1020. The highest BCUT2D eigenvalue weighted by Crippen LogP contribution is 2.40. The Morgan fingerprint density at radius 1 is 1.00 bits per heavy atom. The minimum atomic E-state index is -0.255. The molecule has 0 amide bonds. The van der Waals surface area contributed by atoms with E-state index in [9.17, 15) is 0 Å². The molecule has 0 aromatic carbocycles. The second kappa shape index (κ2) is 7.74. The number of thiophene rings is 2. The van der Waals surface area contributed by atoms with E-state index in [1.54, 1.807) is 22.7 Å². The summed E-state index contributed by atoms with van der Waals surface area (Å²) < 4.78 is 3.04. The zero-order chi connectivity index (χ0) is 20.0. The SMILES string of the molecule is CNC1C2=C(C=C(c3ccc(C)s3)C1N)C(=N)C(NS)C(c1ccc(C)s1)=C2. The van der Waals surface area contributed by atoms with E-state index in [1.165, 1.54) is 14.6 Å². The van der Waals surface area contributed by atoms with E-state index in [1.807, 2.05) is 7.05 Å². The number of nitrogens with two attached hydrogens (primary N) is 1. The van der Waals surface area contributed by atoms with Crippen LogP contribution in [0.25, 0.3) is 11.1 Å². The molecule has 0 fully saturated rings. The van der Waals surface area contributed by atoms with Gasteiger partial charge in [0.1, 0.15) is 0 Å². The third-order valence-electron chi connectivity index (χ3n) is 5.35. The van der Waals surface area contributed by atoms with E-state index in [0.717, 1.165) is 27.2 Å². The minimum Gasteiger partial charge on any atom is -0.322 e. The maximum atomic E-state index is 8.93. The lowest BCUT2D eigenvalue weighted by atomic mass is 9.76. The Kier molecular flexibility index (Phi) is 5.48. The highest BCUT2D eigenvalue weighted by Gasteiger charge is 2.37. The number of aryl methyl sites for hydroxylation is 2. The van der Waals surface area contributed by atoms with Gasteiger partial charge in [0.15, 0.2) is 0 Å². The van der Waals surface area contributed by atoms with E-state index in [2.05, 4.69) is 73.1 Å². The normalized spacial score (nSPS) is 24.9. The lowest BCUT2D eigenvalue weighted by Crippen LogP contribution is -2.49. The Morgan fingerprint density at radius 3 is 2.11 bits per heavy atom. The standard InChI is InChI=1S/C21H24N4S3/c1-10-4-6-16(27-10)14-8-12-13(20(24-3)19(14)23)9-15(21(25-26)18(12)22)17-7-5-11(2)28-17/h4-9,19-22,24-26H,23H2,1-3H3. The summed E-state index contributed by atoms with van der Waals surface area (Å²) in [5.74, 6) is 0. The number of hydrogen-bond acceptors (Lipinski definition) is 7. The summed E-state index contributed by atoms with van der Waals surface area (Å²) in [5.41, 5.74) is 11.4. The average molecular weight is 429 g/mol. The molecule has 0 radical (unpaired) electrons. The molecule has 4 nitrogen and oxygen atoms in total. The molecule has 5 N–H and O–H groups in total. The van der Waals surface area contributed by atoms with Crippen molar-refractivity contribution in [1.82, 2.24) is 10.0 Å². The summed E-state index contributed by atoms with van der Waals surface area (Å²) in [5, 5.41) is 12.3. The topological polar surface area (TPSA) is 73.9 Å². The highest BCUT2D eigenvalue weighted by molar-refractivity contribution is 7.78. The van der Waals surface area contributed by atoms with E-state index < -0.39 is 0 Å². The van der Waals surface area contributed by atoms with Crippen LogP contribution in [0.4, 0.5) is 0 Å². The first-order valence-electron chi connectivity index (χ1n) is 9.16.